The first-order valence-electron chi connectivity index (χ1n) is 5.52. The van der Waals surface area contributed by atoms with Gasteiger partial charge in [0.25, 0.3) is 5.91 Å². The highest BCUT2D eigenvalue weighted by Gasteiger charge is 2.22. The molecule has 2 aromatic rings. The van der Waals surface area contributed by atoms with Crippen LogP contribution < -0.4 is 5.32 Å². The molecule has 0 aliphatic rings. The second kappa shape index (κ2) is 5.94. The van der Waals surface area contributed by atoms with Gasteiger partial charge in [-0.05, 0) is 44.0 Å². The zero-order chi connectivity index (χ0) is 15.7. The molecule has 9 heteroatoms. The Bertz CT molecular complexity index is 722. The fourth-order valence-electron chi connectivity index (χ4n) is 1.66. The third-order valence-electron chi connectivity index (χ3n) is 2.52. The molecule has 1 amide bonds. The van der Waals surface area contributed by atoms with Gasteiger partial charge in [0.15, 0.2) is 5.69 Å². The summed E-state index contributed by atoms with van der Waals surface area (Å²) in [4.78, 5) is 23.2. The Balaban J connectivity index is 2.37. The van der Waals surface area contributed by atoms with Gasteiger partial charge in [0.05, 0.1) is 11.3 Å². The number of hydrogen-bond donors (Lipinski definition) is 2. The minimum Gasteiger partial charge on any atom is -0.476 e. The number of nitrogens with one attached hydrogen (secondary N) is 1. The molecule has 1 aromatic carbocycles. The number of benzene rings is 1. The predicted molar refractivity (Wildman–Crippen MR) is 79.9 cm³/mol. The number of nitrogens with zero attached hydrogens (tertiary/aromatic N) is 2. The molecular weight excluding hydrogens is 413 g/mol. The van der Waals surface area contributed by atoms with Gasteiger partial charge in [-0.2, -0.15) is 5.10 Å². The van der Waals surface area contributed by atoms with E-state index in [0.29, 0.717) is 14.6 Å². The third kappa shape index (κ3) is 3.30. The van der Waals surface area contributed by atoms with Crippen molar-refractivity contribution in [2.45, 2.75) is 0 Å². The Morgan fingerprint density at radius 2 is 1.90 bits per heavy atom. The molecular formula is C12H8Br2FN3O3. The second-order valence-electron chi connectivity index (χ2n) is 4.07. The van der Waals surface area contributed by atoms with Crippen LogP contribution in [0.1, 0.15) is 20.8 Å². The molecule has 1 heterocycles. The van der Waals surface area contributed by atoms with E-state index in [1.54, 1.807) is 0 Å². The van der Waals surface area contributed by atoms with Gasteiger partial charge in [0.1, 0.15) is 5.82 Å². The quantitative estimate of drug-likeness (QED) is 0.799. The molecule has 0 radical (unpaired) electrons. The molecule has 0 aliphatic heterocycles. The van der Waals surface area contributed by atoms with E-state index in [2.05, 4.69) is 42.3 Å². The lowest BCUT2D eigenvalue weighted by molar-refractivity contribution is 0.0685. The largest absolute Gasteiger partial charge is 0.476 e. The highest BCUT2D eigenvalue weighted by molar-refractivity contribution is 9.11. The van der Waals surface area contributed by atoms with Crippen molar-refractivity contribution >= 4 is 49.4 Å². The first-order chi connectivity index (χ1) is 9.79. The Morgan fingerprint density at radius 3 is 2.43 bits per heavy atom. The number of halogens is 3. The number of rotatable bonds is 3. The molecule has 2 rings (SSSR count). The van der Waals surface area contributed by atoms with Crippen molar-refractivity contribution in [1.29, 1.82) is 0 Å². The molecule has 21 heavy (non-hydrogen) atoms. The first-order valence-corrected chi connectivity index (χ1v) is 7.11. The van der Waals surface area contributed by atoms with E-state index in [1.807, 2.05) is 0 Å². The second-order valence-corrected chi connectivity index (χ2v) is 5.78. The van der Waals surface area contributed by atoms with Crippen LogP contribution in [0.25, 0.3) is 0 Å². The molecule has 0 atom stereocenters. The SMILES string of the molecule is Cn1cc(C(=O)Nc2c(Br)cc(F)cc2Br)c(C(=O)O)n1. The van der Waals surface area contributed by atoms with Crippen molar-refractivity contribution in [3.05, 3.63) is 44.3 Å². The smallest absolute Gasteiger partial charge is 0.357 e. The minimum atomic E-state index is -1.31. The van der Waals surface area contributed by atoms with E-state index in [-0.39, 0.29) is 11.3 Å². The van der Waals surface area contributed by atoms with Gasteiger partial charge < -0.3 is 10.4 Å². The summed E-state index contributed by atoms with van der Waals surface area (Å²) in [6.07, 6.45) is 1.30. The lowest BCUT2D eigenvalue weighted by Gasteiger charge is -2.09. The molecule has 0 aliphatic carbocycles. The van der Waals surface area contributed by atoms with Crippen molar-refractivity contribution in [3.8, 4) is 0 Å². The average molecular weight is 421 g/mol. The fraction of sp³-hybridized carbons (Fsp3) is 0.0833. The van der Waals surface area contributed by atoms with Crippen LogP contribution in [0.15, 0.2) is 27.3 Å². The summed E-state index contributed by atoms with van der Waals surface area (Å²) >= 11 is 6.26. The zero-order valence-corrected chi connectivity index (χ0v) is 13.7. The van der Waals surface area contributed by atoms with Crippen LogP contribution >= 0.6 is 31.9 Å². The van der Waals surface area contributed by atoms with Crippen LogP contribution in [0.3, 0.4) is 0 Å². The van der Waals surface area contributed by atoms with E-state index >= 15 is 0 Å². The zero-order valence-electron chi connectivity index (χ0n) is 10.5. The van der Waals surface area contributed by atoms with Crippen LogP contribution in [0.4, 0.5) is 10.1 Å². The number of carboxylic acid groups (broad SMARTS) is 1. The van der Waals surface area contributed by atoms with Crippen LogP contribution in [-0.2, 0) is 7.05 Å². The van der Waals surface area contributed by atoms with Crippen molar-refractivity contribution in [2.75, 3.05) is 5.32 Å². The Hall–Kier alpha value is -1.74. The van der Waals surface area contributed by atoms with Gasteiger partial charge in [-0.3, -0.25) is 9.48 Å². The molecule has 6 nitrogen and oxygen atoms in total. The number of anilines is 1. The minimum absolute atomic E-state index is 0.0897. The van der Waals surface area contributed by atoms with Crippen LogP contribution in [-0.4, -0.2) is 26.8 Å². The number of aromatic nitrogens is 2. The molecule has 0 fully saturated rings. The average Bonchev–Trinajstić information content (AvgIpc) is 2.76. The van der Waals surface area contributed by atoms with E-state index in [4.69, 9.17) is 5.11 Å². The van der Waals surface area contributed by atoms with E-state index in [1.165, 1.54) is 30.1 Å². The third-order valence-corrected chi connectivity index (χ3v) is 3.77. The van der Waals surface area contributed by atoms with Crippen molar-refractivity contribution < 1.29 is 19.1 Å². The number of carbonyl (C=O) groups is 2. The molecule has 0 saturated heterocycles. The summed E-state index contributed by atoms with van der Waals surface area (Å²) < 4.78 is 15.1. The van der Waals surface area contributed by atoms with Crippen molar-refractivity contribution in [3.63, 3.8) is 0 Å². The standard InChI is InChI=1S/C12H8Br2FN3O3/c1-18-4-6(9(17-18)12(20)21)11(19)16-10-7(13)2-5(15)3-8(10)14/h2-4H,1H3,(H,16,19)(H,20,21). The Labute approximate surface area is 135 Å². The number of aryl methyl sites for hydroxylation is 1. The Morgan fingerprint density at radius 1 is 1.33 bits per heavy atom. The van der Waals surface area contributed by atoms with E-state index in [9.17, 15) is 14.0 Å². The molecule has 0 saturated carbocycles. The summed E-state index contributed by atoms with van der Waals surface area (Å²) in [5, 5.41) is 15.2. The van der Waals surface area contributed by atoms with Crippen molar-refractivity contribution in [2.24, 2.45) is 7.05 Å². The van der Waals surface area contributed by atoms with E-state index in [0.717, 1.165) is 0 Å². The van der Waals surface area contributed by atoms with Crippen LogP contribution in [0.5, 0.6) is 0 Å². The van der Waals surface area contributed by atoms with Gasteiger partial charge in [0.2, 0.25) is 0 Å². The normalized spacial score (nSPS) is 10.5. The summed E-state index contributed by atoms with van der Waals surface area (Å²) in [6, 6.07) is 2.36. The van der Waals surface area contributed by atoms with E-state index < -0.39 is 17.7 Å². The fourth-order valence-corrected chi connectivity index (χ4v) is 2.98. The number of aromatic carboxylic acids is 1. The molecule has 0 unspecified atom stereocenters. The Kier molecular flexibility index (Phi) is 4.43. The lowest BCUT2D eigenvalue weighted by Crippen LogP contribution is -2.16. The monoisotopic (exact) mass is 419 g/mol. The highest BCUT2D eigenvalue weighted by atomic mass is 79.9. The van der Waals surface area contributed by atoms with Crippen LogP contribution in [0.2, 0.25) is 0 Å². The highest BCUT2D eigenvalue weighted by Crippen LogP contribution is 2.32. The summed E-state index contributed by atoms with van der Waals surface area (Å²) in [6.45, 7) is 0. The molecule has 2 N–H and O–H groups in total. The number of carbonyl (C=O) groups excluding carboxylic acids is 1. The van der Waals surface area contributed by atoms with Gasteiger partial charge in [-0.15, -0.1) is 0 Å². The van der Waals surface area contributed by atoms with Gasteiger partial charge in [0, 0.05) is 22.2 Å². The first kappa shape index (κ1) is 15.6. The summed E-state index contributed by atoms with van der Waals surface area (Å²) in [7, 11) is 1.51. The maximum Gasteiger partial charge on any atom is 0.357 e. The maximum atomic E-state index is 13.2. The topological polar surface area (TPSA) is 84.2 Å². The van der Waals surface area contributed by atoms with Gasteiger partial charge in [-0.1, -0.05) is 0 Å². The maximum absolute atomic E-state index is 13.2. The number of hydrogen-bond acceptors (Lipinski definition) is 3. The summed E-state index contributed by atoms with van der Waals surface area (Å²) in [5.74, 6) is -2.45. The van der Waals surface area contributed by atoms with Gasteiger partial charge >= 0.3 is 5.97 Å². The predicted octanol–water partition coefficient (Wildman–Crippen LogP) is 3.03. The van der Waals surface area contributed by atoms with Gasteiger partial charge in [-0.25, -0.2) is 9.18 Å². The molecule has 0 bridgehead atoms. The molecule has 0 spiro atoms. The summed E-state index contributed by atoms with van der Waals surface area (Å²) in [5.41, 5.74) is -0.154. The molecule has 110 valence electrons. The lowest BCUT2D eigenvalue weighted by atomic mass is 10.2. The molecule has 1 aromatic heterocycles. The van der Waals surface area contributed by atoms with Crippen LogP contribution in [0, 0.1) is 5.82 Å². The van der Waals surface area contributed by atoms with Crippen molar-refractivity contribution in [1.82, 2.24) is 9.78 Å². The number of carboxylic acids is 1. The number of amides is 1.